The molecule has 0 spiro atoms. The van der Waals surface area contributed by atoms with Crippen LogP contribution in [0.1, 0.15) is 39.0 Å². The van der Waals surface area contributed by atoms with E-state index in [4.69, 9.17) is 10.5 Å². The zero-order valence-corrected chi connectivity index (χ0v) is 9.83. The first-order chi connectivity index (χ1) is 7.22. The number of hydrogen-bond donors (Lipinski definition) is 2. The minimum Gasteiger partial charge on any atom is -0.380 e. The van der Waals surface area contributed by atoms with Gasteiger partial charge in [0.1, 0.15) is 0 Å². The molecule has 4 nitrogen and oxygen atoms in total. The molecule has 0 aromatic rings. The molecule has 0 heterocycles. The van der Waals surface area contributed by atoms with E-state index in [1.165, 1.54) is 32.1 Å². The van der Waals surface area contributed by atoms with Crippen LogP contribution in [-0.4, -0.2) is 31.8 Å². The van der Waals surface area contributed by atoms with Gasteiger partial charge in [0.15, 0.2) is 5.96 Å². The van der Waals surface area contributed by atoms with Crippen molar-refractivity contribution in [2.45, 2.75) is 51.2 Å². The van der Waals surface area contributed by atoms with E-state index in [0.717, 1.165) is 0 Å². The fraction of sp³-hybridized carbons (Fsp3) is 0.909. The maximum absolute atomic E-state index is 5.79. The number of ether oxygens (including phenoxy) is 1. The molecule has 3 N–H and O–H groups in total. The first kappa shape index (κ1) is 12.3. The van der Waals surface area contributed by atoms with Gasteiger partial charge in [0.05, 0.1) is 12.6 Å². The van der Waals surface area contributed by atoms with E-state index in [9.17, 15) is 0 Å². The van der Waals surface area contributed by atoms with Crippen LogP contribution in [0.15, 0.2) is 4.99 Å². The van der Waals surface area contributed by atoms with Crippen molar-refractivity contribution in [2.24, 2.45) is 10.7 Å². The first-order valence-corrected chi connectivity index (χ1v) is 5.81. The molecule has 1 unspecified atom stereocenters. The lowest BCUT2D eigenvalue weighted by Gasteiger charge is -2.23. The van der Waals surface area contributed by atoms with Crippen LogP contribution in [-0.2, 0) is 4.74 Å². The second-order valence-electron chi connectivity index (χ2n) is 4.25. The molecule has 4 heteroatoms. The van der Waals surface area contributed by atoms with E-state index in [2.05, 4.69) is 10.3 Å². The molecular formula is C11H23N3O. The summed E-state index contributed by atoms with van der Waals surface area (Å²) in [6, 6.07) is 0.528. The summed E-state index contributed by atoms with van der Waals surface area (Å²) in [4.78, 5) is 4.25. The van der Waals surface area contributed by atoms with Crippen molar-refractivity contribution >= 4 is 5.96 Å². The van der Waals surface area contributed by atoms with Crippen molar-refractivity contribution in [3.8, 4) is 0 Å². The third kappa shape index (κ3) is 5.02. The van der Waals surface area contributed by atoms with Crippen LogP contribution >= 0.6 is 0 Å². The van der Waals surface area contributed by atoms with E-state index in [1.807, 2.05) is 6.92 Å². The number of rotatable bonds is 4. The highest BCUT2D eigenvalue weighted by Crippen LogP contribution is 2.16. The van der Waals surface area contributed by atoms with E-state index in [-0.39, 0.29) is 6.10 Å². The van der Waals surface area contributed by atoms with Crippen molar-refractivity contribution in [3.63, 3.8) is 0 Å². The number of guanidine groups is 1. The highest BCUT2D eigenvalue weighted by atomic mass is 16.5. The zero-order chi connectivity index (χ0) is 11.1. The molecule has 1 saturated carbocycles. The van der Waals surface area contributed by atoms with E-state index in [1.54, 1.807) is 7.11 Å². The highest BCUT2D eigenvalue weighted by molar-refractivity contribution is 5.78. The molecular weight excluding hydrogens is 190 g/mol. The van der Waals surface area contributed by atoms with Gasteiger partial charge in [-0.25, -0.2) is 0 Å². The van der Waals surface area contributed by atoms with Gasteiger partial charge in [-0.05, 0) is 19.8 Å². The Balaban J connectivity index is 2.23. The number of nitrogens with two attached hydrogens (primary N) is 1. The molecule has 0 saturated heterocycles. The summed E-state index contributed by atoms with van der Waals surface area (Å²) in [5.41, 5.74) is 5.79. The van der Waals surface area contributed by atoms with E-state index >= 15 is 0 Å². The maximum Gasteiger partial charge on any atom is 0.188 e. The van der Waals surface area contributed by atoms with Crippen LogP contribution in [0, 0.1) is 0 Å². The zero-order valence-electron chi connectivity index (χ0n) is 9.83. The third-order valence-corrected chi connectivity index (χ3v) is 2.88. The number of nitrogens with zero attached hydrogens (tertiary/aromatic N) is 1. The summed E-state index contributed by atoms with van der Waals surface area (Å²) in [6.07, 6.45) is 6.54. The van der Waals surface area contributed by atoms with Crippen LogP contribution in [0.2, 0.25) is 0 Å². The normalized spacial score (nSPS) is 21.3. The second kappa shape index (κ2) is 6.67. The Morgan fingerprint density at radius 2 is 2.13 bits per heavy atom. The van der Waals surface area contributed by atoms with Crippen LogP contribution in [0.3, 0.4) is 0 Å². The lowest BCUT2D eigenvalue weighted by Crippen LogP contribution is -2.41. The van der Waals surface area contributed by atoms with Crippen molar-refractivity contribution < 1.29 is 4.74 Å². The summed E-state index contributed by atoms with van der Waals surface area (Å²) in [5, 5.41) is 3.27. The second-order valence-corrected chi connectivity index (χ2v) is 4.25. The van der Waals surface area contributed by atoms with Gasteiger partial charge < -0.3 is 15.8 Å². The Kier molecular flexibility index (Phi) is 5.47. The van der Waals surface area contributed by atoms with Gasteiger partial charge in [-0.2, -0.15) is 0 Å². The molecule has 0 aliphatic heterocycles. The summed E-state index contributed by atoms with van der Waals surface area (Å²) >= 11 is 0. The van der Waals surface area contributed by atoms with Crippen molar-refractivity contribution in [2.75, 3.05) is 13.7 Å². The molecule has 1 fully saturated rings. The number of hydrogen-bond acceptors (Lipinski definition) is 2. The molecule has 15 heavy (non-hydrogen) atoms. The number of methoxy groups -OCH3 is 1. The average molecular weight is 213 g/mol. The molecule has 0 radical (unpaired) electrons. The lowest BCUT2D eigenvalue weighted by molar-refractivity contribution is 0.125. The smallest absolute Gasteiger partial charge is 0.188 e. The molecule has 1 rings (SSSR count). The maximum atomic E-state index is 5.79. The topological polar surface area (TPSA) is 59.6 Å². The minimum atomic E-state index is 0.136. The fourth-order valence-electron chi connectivity index (χ4n) is 1.80. The van der Waals surface area contributed by atoms with Crippen LogP contribution in [0.25, 0.3) is 0 Å². The monoisotopic (exact) mass is 213 g/mol. The van der Waals surface area contributed by atoms with Gasteiger partial charge in [-0.15, -0.1) is 0 Å². The quantitative estimate of drug-likeness (QED) is 0.546. The average Bonchev–Trinajstić information content (AvgIpc) is 2.27. The fourth-order valence-corrected chi connectivity index (χ4v) is 1.80. The Morgan fingerprint density at radius 1 is 1.47 bits per heavy atom. The summed E-state index contributed by atoms with van der Waals surface area (Å²) < 4.78 is 5.10. The summed E-state index contributed by atoms with van der Waals surface area (Å²) in [7, 11) is 1.69. The van der Waals surface area contributed by atoms with Gasteiger partial charge >= 0.3 is 0 Å². The molecule has 1 aliphatic rings. The third-order valence-electron chi connectivity index (χ3n) is 2.88. The largest absolute Gasteiger partial charge is 0.380 e. The SMILES string of the molecule is COC(C)CN=C(N)NC1CCCCC1. The van der Waals surface area contributed by atoms with Gasteiger partial charge in [-0.1, -0.05) is 19.3 Å². The Hall–Kier alpha value is -0.770. The lowest BCUT2D eigenvalue weighted by atomic mass is 9.96. The van der Waals surface area contributed by atoms with Crippen LogP contribution in [0.4, 0.5) is 0 Å². The Bertz CT molecular complexity index is 200. The van der Waals surface area contributed by atoms with Crippen molar-refractivity contribution in [1.29, 1.82) is 0 Å². The highest BCUT2D eigenvalue weighted by Gasteiger charge is 2.13. The van der Waals surface area contributed by atoms with Crippen molar-refractivity contribution in [1.82, 2.24) is 5.32 Å². The summed E-state index contributed by atoms with van der Waals surface area (Å²) in [6.45, 7) is 2.61. The van der Waals surface area contributed by atoms with Gasteiger partial charge in [0.25, 0.3) is 0 Å². The van der Waals surface area contributed by atoms with Gasteiger partial charge in [0.2, 0.25) is 0 Å². The van der Waals surface area contributed by atoms with Crippen LogP contribution < -0.4 is 11.1 Å². The molecule has 88 valence electrons. The van der Waals surface area contributed by atoms with E-state index in [0.29, 0.717) is 18.5 Å². The van der Waals surface area contributed by atoms with Crippen LogP contribution in [0.5, 0.6) is 0 Å². The first-order valence-electron chi connectivity index (χ1n) is 5.81. The number of nitrogens with one attached hydrogen (secondary N) is 1. The predicted octanol–water partition coefficient (Wildman–Crippen LogP) is 1.26. The molecule has 0 aromatic carbocycles. The minimum absolute atomic E-state index is 0.136. The molecule has 0 bridgehead atoms. The molecule has 1 aliphatic carbocycles. The molecule has 0 amide bonds. The number of aliphatic imine (C=N–C) groups is 1. The predicted molar refractivity (Wildman–Crippen MR) is 63.0 cm³/mol. The Morgan fingerprint density at radius 3 is 2.73 bits per heavy atom. The van der Waals surface area contributed by atoms with E-state index < -0.39 is 0 Å². The Labute approximate surface area is 92.3 Å². The van der Waals surface area contributed by atoms with Gasteiger partial charge in [-0.3, -0.25) is 4.99 Å². The van der Waals surface area contributed by atoms with Gasteiger partial charge in [0, 0.05) is 13.2 Å². The summed E-state index contributed by atoms with van der Waals surface area (Å²) in [5.74, 6) is 0.561. The molecule has 1 atom stereocenters. The molecule has 0 aromatic heterocycles. The standard InChI is InChI=1S/C11H23N3O/c1-9(15-2)8-13-11(12)14-10-6-4-3-5-7-10/h9-10H,3-8H2,1-2H3,(H3,12,13,14). The van der Waals surface area contributed by atoms with Crippen molar-refractivity contribution in [3.05, 3.63) is 0 Å².